The van der Waals surface area contributed by atoms with Crippen molar-refractivity contribution >= 4 is 29.0 Å². The first kappa shape index (κ1) is 18.7. The number of hydrogen-bond donors (Lipinski definition) is 2. The number of anilines is 2. The number of hydrogen-bond acceptors (Lipinski definition) is 4. The van der Waals surface area contributed by atoms with Crippen LogP contribution in [0, 0.1) is 0 Å². The number of nitrogens with one attached hydrogen (secondary N) is 2. The summed E-state index contributed by atoms with van der Waals surface area (Å²) in [4.78, 5) is 16.5. The van der Waals surface area contributed by atoms with E-state index in [-0.39, 0.29) is 5.91 Å². The molecule has 0 atom stereocenters. The molecule has 0 aliphatic heterocycles. The molecular formula is C21H20ClN3O2. The highest BCUT2D eigenvalue weighted by molar-refractivity contribution is 6.30. The van der Waals surface area contributed by atoms with Crippen LogP contribution in [0.2, 0.25) is 5.02 Å². The maximum absolute atomic E-state index is 12.2. The lowest BCUT2D eigenvalue weighted by atomic mass is 10.1. The van der Waals surface area contributed by atoms with Crippen molar-refractivity contribution in [3.63, 3.8) is 0 Å². The Hall–Kier alpha value is -3.05. The zero-order valence-corrected chi connectivity index (χ0v) is 15.7. The molecule has 1 heterocycles. The Morgan fingerprint density at radius 3 is 2.33 bits per heavy atom. The molecule has 3 aromatic rings. The summed E-state index contributed by atoms with van der Waals surface area (Å²) in [6.45, 7) is 0.646. The summed E-state index contributed by atoms with van der Waals surface area (Å²) in [5, 5.41) is 6.80. The molecule has 6 heteroatoms. The van der Waals surface area contributed by atoms with Crippen LogP contribution in [-0.2, 0) is 17.8 Å². The smallest absolute Gasteiger partial charge is 0.228 e. The number of pyridine rings is 1. The van der Waals surface area contributed by atoms with Gasteiger partial charge in [-0.15, -0.1) is 0 Å². The Kier molecular flexibility index (Phi) is 6.28. The third kappa shape index (κ3) is 5.72. The minimum Gasteiger partial charge on any atom is -0.497 e. The van der Waals surface area contributed by atoms with E-state index >= 15 is 0 Å². The number of carbonyl (C=O) groups excluding carboxylic acids is 1. The minimum atomic E-state index is -0.0937. The second-order valence-corrected chi connectivity index (χ2v) is 6.42. The van der Waals surface area contributed by atoms with Gasteiger partial charge in [-0.3, -0.25) is 4.79 Å². The molecule has 0 fully saturated rings. The molecule has 2 aromatic carbocycles. The fraction of sp³-hybridized carbons (Fsp3) is 0.143. The Morgan fingerprint density at radius 2 is 1.70 bits per heavy atom. The predicted molar refractivity (Wildman–Crippen MR) is 108 cm³/mol. The van der Waals surface area contributed by atoms with E-state index in [0.29, 0.717) is 23.7 Å². The van der Waals surface area contributed by atoms with Crippen LogP contribution in [0.4, 0.5) is 11.5 Å². The van der Waals surface area contributed by atoms with Gasteiger partial charge in [0.1, 0.15) is 11.6 Å². The molecule has 0 radical (unpaired) electrons. The number of nitrogens with zero attached hydrogens (tertiary/aromatic N) is 1. The second-order valence-electron chi connectivity index (χ2n) is 5.99. The Balaban J connectivity index is 1.50. The summed E-state index contributed by atoms with van der Waals surface area (Å²) in [6.07, 6.45) is 1.93. The quantitative estimate of drug-likeness (QED) is 0.630. The monoisotopic (exact) mass is 381 g/mol. The molecule has 0 spiro atoms. The number of ether oxygens (including phenoxy) is 1. The SMILES string of the molecule is COc1ccc(CC(=O)Nc2ccc(NCc3ccc(Cl)cc3)nc2)cc1. The first-order chi connectivity index (χ1) is 13.1. The van der Waals surface area contributed by atoms with Gasteiger partial charge in [-0.25, -0.2) is 4.98 Å². The molecule has 2 N–H and O–H groups in total. The molecule has 138 valence electrons. The van der Waals surface area contributed by atoms with Gasteiger partial charge in [0.15, 0.2) is 0 Å². The average molecular weight is 382 g/mol. The minimum absolute atomic E-state index is 0.0937. The summed E-state index contributed by atoms with van der Waals surface area (Å²) in [7, 11) is 1.61. The molecule has 1 aromatic heterocycles. The third-order valence-corrected chi connectivity index (χ3v) is 4.21. The molecule has 3 rings (SSSR count). The van der Waals surface area contributed by atoms with E-state index < -0.39 is 0 Å². The summed E-state index contributed by atoms with van der Waals surface area (Å²) < 4.78 is 5.11. The average Bonchev–Trinajstić information content (AvgIpc) is 2.69. The highest BCUT2D eigenvalue weighted by Gasteiger charge is 2.05. The topological polar surface area (TPSA) is 63.2 Å². The van der Waals surface area contributed by atoms with Crippen LogP contribution in [0.3, 0.4) is 0 Å². The second kappa shape index (κ2) is 9.05. The van der Waals surface area contributed by atoms with Gasteiger partial charge in [0.2, 0.25) is 5.91 Å². The van der Waals surface area contributed by atoms with E-state index in [2.05, 4.69) is 15.6 Å². The maximum Gasteiger partial charge on any atom is 0.228 e. The third-order valence-electron chi connectivity index (χ3n) is 3.96. The van der Waals surface area contributed by atoms with Gasteiger partial charge in [0.05, 0.1) is 25.4 Å². The molecule has 1 amide bonds. The summed E-state index contributed by atoms with van der Waals surface area (Å²) in [6, 6.07) is 18.7. The van der Waals surface area contributed by atoms with Gasteiger partial charge in [0.25, 0.3) is 0 Å². The maximum atomic E-state index is 12.2. The fourth-order valence-electron chi connectivity index (χ4n) is 2.50. The lowest BCUT2D eigenvalue weighted by molar-refractivity contribution is -0.115. The first-order valence-corrected chi connectivity index (χ1v) is 8.87. The van der Waals surface area contributed by atoms with E-state index in [9.17, 15) is 4.79 Å². The summed E-state index contributed by atoms with van der Waals surface area (Å²) >= 11 is 5.88. The van der Waals surface area contributed by atoms with Crippen molar-refractivity contribution in [2.45, 2.75) is 13.0 Å². The van der Waals surface area contributed by atoms with Crippen LogP contribution < -0.4 is 15.4 Å². The number of rotatable bonds is 7. The Labute approximate surface area is 163 Å². The fourth-order valence-corrected chi connectivity index (χ4v) is 2.63. The van der Waals surface area contributed by atoms with E-state index in [4.69, 9.17) is 16.3 Å². The number of carbonyl (C=O) groups is 1. The molecule has 27 heavy (non-hydrogen) atoms. The van der Waals surface area contributed by atoms with Gasteiger partial charge in [-0.05, 0) is 47.5 Å². The Bertz CT molecular complexity index is 879. The largest absolute Gasteiger partial charge is 0.497 e. The number of amides is 1. The van der Waals surface area contributed by atoms with Crippen LogP contribution in [0.5, 0.6) is 5.75 Å². The molecule has 0 saturated heterocycles. The zero-order valence-electron chi connectivity index (χ0n) is 14.9. The van der Waals surface area contributed by atoms with Gasteiger partial charge in [-0.2, -0.15) is 0 Å². The first-order valence-electron chi connectivity index (χ1n) is 8.49. The summed E-state index contributed by atoms with van der Waals surface area (Å²) in [5.41, 5.74) is 2.69. The van der Waals surface area contributed by atoms with Crippen LogP contribution in [0.15, 0.2) is 66.9 Å². The van der Waals surface area contributed by atoms with Crippen molar-refractivity contribution < 1.29 is 9.53 Å². The van der Waals surface area contributed by atoms with Crippen molar-refractivity contribution in [3.05, 3.63) is 83.0 Å². The van der Waals surface area contributed by atoms with E-state index in [1.807, 2.05) is 60.7 Å². The van der Waals surface area contributed by atoms with Gasteiger partial charge in [-0.1, -0.05) is 35.9 Å². The molecular weight excluding hydrogens is 362 g/mol. The van der Waals surface area contributed by atoms with E-state index in [0.717, 1.165) is 22.7 Å². The Morgan fingerprint density at radius 1 is 1.00 bits per heavy atom. The number of halogens is 1. The molecule has 5 nitrogen and oxygen atoms in total. The normalized spacial score (nSPS) is 10.3. The number of aromatic nitrogens is 1. The molecule has 0 saturated carbocycles. The zero-order chi connectivity index (χ0) is 19.1. The lowest BCUT2D eigenvalue weighted by Crippen LogP contribution is -2.14. The number of methoxy groups -OCH3 is 1. The van der Waals surface area contributed by atoms with Crippen molar-refractivity contribution in [1.82, 2.24) is 4.98 Å². The highest BCUT2D eigenvalue weighted by Crippen LogP contribution is 2.15. The van der Waals surface area contributed by atoms with Gasteiger partial charge >= 0.3 is 0 Å². The van der Waals surface area contributed by atoms with Crippen molar-refractivity contribution in [2.75, 3.05) is 17.7 Å². The van der Waals surface area contributed by atoms with Crippen molar-refractivity contribution in [2.24, 2.45) is 0 Å². The summed E-state index contributed by atoms with van der Waals surface area (Å²) in [5.74, 6) is 1.41. The van der Waals surface area contributed by atoms with Crippen molar-refractivity contribution in [3.8, 4) is 5.75 Å². The van der Waals surface area contributed by atoms with Crippen LogP contribution in [0.25, 0.3) is 0 Å². The molecule has 0 aliphatic rings. The van der Waals surface area contributed by atoms with Crippen LogP contribution >= 0.6 is 11.6 Å². The molecule has 0 unspecified atom stereocenters. The van der Waals surface area contributed by atoms with Crippen molar-refractivity contribution in [1.29, 1.82) is 0 Å². The van der Waals surface area contributed by atoms with E-state index in [1.165, 1.54) is 0 Å². The van der Waals surface area contributed by atoms with Gasteiger partial charge in [0, 0.05) is 11.6 Å². The molecule has 0 aliphatic carbocycles. The standard InChI is InChI=1S/C21H20ClN3O2/c1-27-19-9-4-15(5-10-19)12-21(26)25-18-8-11-20(24-14-18)23-13-16-2-6-17(22)7-3-16/h2-11,14H,12-13H2,1H3,(H,23,24)(H,25,26). The predicted octanol–water partition coefficient (Wildman–Crippen LogP) is 4.54. The van der Waals surface area contributed by atoms with Crippen LogP contribution in [0.1, 0.15) is 11.1 Å². The molecule has 0 bridgehead atoms. The lowest BCUT2D eigenvalue weighted by Gasteiger charge is -2.08. The van der Waals surface area contributed by atoms with E-state index in [1.54, 1.807) is 13.3 Å². The highest BCUT2D eigenvalue weighted by atomic mass is 35.5. The van der Waals surface area contributed by atoms with Gasteiger partial charge < -0.3 is 15.4 Å². The number of benzene rings is 2. The van der Waals surface area contributed by atoms with Crippen LogP contribution in [-0.4, -0.2) is 18.0 Å².